The van der Waals surface area contributed by atoms with E-state index < -0.39 is 35.4 Å². The molecule has 2 aromatic rings. The largest absolute Gasteiger partial charge is 0.480 e. The molecule has 0 radical (unpaired) electrons. The lowest BCUT2D eigenvalue weighted by Crippen LogP contribution is -2.61. The summed E-state index contributed by atoms with van der Waals surface area (Å²) in [6.45, 7) is 4.13. The molecule has 1 saturated heterocycles. The molecule has 0 bridgehead atoms. The number of carbonyl (C=O) groups is 2. The first-order chi connectivity index (χ1) is 16.6. The number of hydrogen-bond donors (Lipinski definition) is 2. The Labute approximate surface area is 210 Å². The van der Waals surface area contributed by atoms with Crippen LogP contribution in [0.4, 0.5) is 4.39 Å². The molecule has 0 aliphatic carbocycles. The van der Waals surface area contributed by atoms with Crippen molar-refractivity contribution in [3.8, 4) is 0 Å². The number of rotatable bonds is 6. The van der Waals surface area contributed by atoms with E-state index in [0.717, 1.165) is 6.07 Å². The fourth-order valence-electron chi connectivity index (χ4n) is 4.37. The normalized spacial score (nSPS) is 22.4. The van der Waals surface area contributed by atoms with Gasteiger partial charge in [-0.15, -0.1) is 11.3 Å². The molecular weight excluding hydrogens is 499 g/mol. The zero-order chi connectivity index (χ0) is 25.3. The molecule has 2 atom stereocenters. The molecular formula is C23H24ClFN4O5S. The number of carbonyl (C=O) groups excluding carboxylic acids is 1. The zero-order valence-electron chi connectivity index (χ0n) is 19.2. The van der Waals surface area contributed by atoms with Crippen LogP contribution in [-0.4, -0.2) is 71.2 Å². The van der Waals surface area contributed by atoms with Crippen LogP contribution in [0.1, 0.15) is 30.5 Å². The Morgan fingerprint density at radius 2 is 2.20 bits per heavy atom. The minimum Gasteiger partial charge on any atom is -0.480 e. The third-order valence-corrected chi connectivity index (χ3v) is 7.00. The smallest absolute Gasteiger partial charge is 0.338 e. The van der Waals surface area contributed by atoms with E-state index in [2.05, 4.69) is 15.3 Å². The highest BCUT2D eigenvalue weighted by Crippen LogP contribution is 2.37. The van der Waals surface area contributed by atoms with E-state index in [0.29, 0.717) is 35.3 Å². The van der Waals surface area contributed by atoms with Crippen molar-refractivity contribution in [1.82, 2.24) is 15.2 Å². The van der Waals surface area contributed by atoms with Gasteiger partial charge in [0, 0.05) is 40.9 Å². The van der Waals surface area contributed by atoms with Gasteiger partial charge in [0.05, 0.1) is 24.9 Å². The van der Waals surface area contributed by atoms with E-state index in [4.69, 9.17) is 21.1 Å². The van der Waals surface area contributed by atoms with Crippen molar-refractivity contribution >= 4 is 40.7 Å². The number of carboxylic acids is 1. The van der Waals surface area contributed by atoms with Gasteiger partial charge in [-0.3, -0.25) is 14.7 Å². The summed E-state index contributed by atoms with van der Waals surface area (Å²) >= 11 is 7.71. The Hall–Kier alpha value is -2.86. The Morgan fingerprint density at radius 1 is 1.43 bits per heavy atom. The topological polar surface area (TPSA) is 113 Å². The van der Waals surface area contributed by atoms with Crippen LogP contribution in [-0.2, 0) is 19.1 Å². The molecule has 186 valence electrons. The van der Waals surface area contributed by atoms with E-state index in [1.54, 1.807) is 30.3 Å². The third-order valence-electron chi connectivity index (χ3n) is 5.89. The number of nitrogens with zero attached hydrogens (tertiary/aromatic N) is 3. The molecule has 4 rings (SSSR count). The van der Waals surface area contributed by atoms with E-state index in [9.17, 15) is 19.1 Å². The summed E-state index contributed by atoms with van der Waals surface area (Å²) < 4.78 is 24.6. The highest BCUT2D eigenvalue weighted by atomic mass is 35.5. The van der Waals surface area contributed by atoms with Gasteiger partial charge in [-0.25, -0.2) is 14.2 Å². The lowest BCUT2D eigenvalue weighted by atomic mass is 9.92. The number of halogens is 2. The van der Waals surface area contributed by atoms with Crippen LogP contribution in [0.2, 0.25) is 5.02 Å². The summed E-state index contributed by atoms with van der Waals surface area (Å²) in [5.74, 6) is -1.86. The molecule has 0 spiro atoms. The van der Waals surface area contributed by atoms with Crippen LogP contribution in [0.15, 0.2) is 46.0 Å². The molecule has 9 nitrogen and oxygen atoms in total. The maximum atomic E-state index is 13.8. The SMILES string of the molecule is COC(=O)C1=C(CN2CCOC(C)(C)[C@H]2C(=O)O)NC(c2nccs2)=NC1c1ccc(F)cc1Cl. The average molecular weight is 523 g/mol. The number of aromatic nitrogens is 1. The average Bonchev–Trinajstić information content (AvgIpc) is 3.32. The van der Waals surface area contributed by atoms with Crippen LogP contribution in [0.5, 0.6) is 0 Å². The monoisotopic (exact) mass is 522 g/mol. The number of methoxy groups -OCH3 is 1. The second-order valence-corrected chi connectivity index (χ2v) is 9.86. The summed E-state index contributed by atoms with van der Waals surface area (Å²) in [5, 5.41) is 15.6. The van der Waals surface area contributed by atoms with E-state index in [-0.39, 0.29) is 17.1 Å². The molecule has 12 heteroatoms. The van der Waals surface area contributed by atoms with Crippen molar-refractivity contribution in [2.45, 2.75) is 31.5 Å². The first kappa shape index (κ1) is 25.2. The van der Waals surface area contributed by atoms with Gasteiger partial charge in [0.2, 0.25) is 0 Å². The van der Waals surface area contributed by atoms with Gasteiger partial charge in [-0.1, -0.05) is 17.7 Å². The van der Waals surface area contributed by atoms with Crippen molar-refractivity contribution in [2.24, 2.45) is 4.99 Å². The summed E-state index contributed by atoms with van der Waals surface area (Å²) in [7, 11) is 1.24. The minimum absolute atomic E-state index is 0.0634. The molecule has 1 aromatic heterocycles. The molecule has 1 fully saturated rings. The number of aliphatic imine (C=N–C) groups is 1. The van der Waals surface area contributed by atoms with Crippen LogP contribution in [0.3, 0.4) is 0 Å². The Bertz CT molecular complexity index is 1200. The maximum absolute atomic E-state index is 13.8. The number of benzene rings is 1. The first-order valence-corrected chi connectivity index (χ1v) is 12.0. The van der Waals surface area contributed by atoms with Crippen LogP contribution >= 0.6 is 22.9 Å². The quantitative estimate of drug-likeness (QED) is 0.557. The number of esters is 1. The van der Waals surface area contributed by atoms with Gasteiger partial charge in [0.1, 0.15) is 17.9 Å². The van der Waals surface area contributed by atoms with Gasteiger partial charge in [-0.05, 0) is 26.0 Å². The number of morpholine rings is 1. The summed E-state index contributed by atoms with van der Waals surface area (Å²) in [6, 6.07) is 1.95. The molecule has 1 unspecified atom stereocenters. The van der Waals surface area contributed by atoms with Gasteiger partial charge < -0.3 is 19.9 Å². The second-order valence-electron chi connectivity index (χ2n) is 8.56. The lowest BCUT2D eigenvalue weighted by molar-refractivity contribution is -0.170. The third kappa shape index (κ3) is 5.08. The first-order valence-electron chi connectivity index (χ1n) is 10.7. The van der Waals surface area contributed by atoms with Crippen LogP contribution in [0.25, 0.3) is 0 Å². The van der Waals surface area contributed by atoms with Crippen LogP contribution < -0.4 is 5.32 Å². The van der Waals surface area contributed by atoms with Gasteiger partial charge >= 0.3 is 11.9 Å². The van der Waals surface area contributed by atoms with E-state index in [1.165, 1.54) is 30.6 Å². The standard InChI is InChI=1S/C23H24ClFN4O5S/c1-23(2)18(21(30)31)29(7-8-34-23)11-15-16(22(32)33-3)17(13-5-4-12(25)10-14(13)24)28-19(27-15)20-26-6-9-35-20/h4-6,9-10,17-18H,7-8,11H2,1-3H3,(H,27,28)(H,30,31)/t17?,18-/m1/s1. The maximum Gasteiger partial charge on any atom is 0.338 e. The number of carboxylic acid groups (broad SMARTS) is 1. The number of nitrogens with one attached hydrogen (secondary N) is 1. The predicted molar refractivity (Wildman–Crippen MR) is 128 cm³/mol. The molecule has 35 heavy (non-hydrogen) atoms. The van der Waals surface area contributed by atoms with Crippen LogP contribution in [0, 0.1) is 5.82 Å². The molecule has 2 aliphatic rings. The highest BCUT2D eigenvalue weighted by molar-refractivity contribution is 7.11. The molecule has 2 aliphatic heterocycles. The second kappa shape index (κ2) is 10.0. The molecule has 2 N–H and O–H groups in total. The Kier molecular flexibility index (Phi) is 7.22. The van der Waals surface area contributed by atoms with Crippen molar-refractivity contribution in [3.05, 3.63) is 62.5 Å². The molecule has 0 amide bonds. The Balaban J connectivity index is 1.84. The fraction of sp³-hybridized carbons (Fsp3) is 0.391. The predicted octanol–water partition coefficient (Wildman–Crippen LogP) is 3.02. The van der Waals surface area contributed by atoms with Crippen molar-refractivity contribution in [3.63, 3.8) is 0 Å². The number of amidine groups is 1. The van der Waals surface area contributed by atoms with Crippen molar-refractivity contribution in [2.75, 3.05) is 26.8 Å². The summed E-state index contributed by atoms with van der Waals surface area (Å²) in [5.41, 5.74) is -0.0175. The zero-order valence-corrected chi connectivity index (χ0v) is 20.8. The summed E-state index contributed by atoms with van der Waals surface area (Å²) in [4.78, 5) is 35.9. The fourth-order valence-corrected chi connectivity index (χ4v) is 5.23. The molecule has 1 aromatic carbocycles. The van der Waals surface area contributed by atoms with E-state index >= 15 is 0 Å². The summed E-state index contributed by atoms with van der Waals surface area (Å²) in [6.07, 6.45) is 1.62. The van der Waals surface area contributed by atoms with Gasteiger partial charge in [-0.2, -0.15) is 0 Å². The van der Waals surface area contributed by atoms with Gasteiger partial charge in [0.15, 0.2) is 10.8 Å². The van der Waals surface area contributed by atoms with E-state index in [1.807, 2.05) is 0 Å². The highest BCUT2D eigenvalue weighted by Gasteiger charge is 2.45. The Morgan fingerprint density at radius 3 is 2.83 bits per heavy atom. The number of hydrogen-bond acceptors (Lipinski definition) is 9. The number of thiazole rings is 1. The minimum atomic E-state index is -1.04. The van der Waals surface area contributed by atoms with Crippen molar-refractivity contribution in [1.29, 1.82) is 0 Å². The number of aliphatic carboxylic acids is 1. The van der Waals surface area contributed by atoms with Gasteiger partial charge in [0.25, 0.3) is 0 Å². The molecule has 0 saturated carbocycles. The number of ether oxygens (including phenoxy) is 2. The lowest BCUT2D eigenvalue weighted by Gasteiger charge is -2.44. The van der Waals surface area contributed by atoms with Crippen molar-refractivity contribution < 1.29 is 28.6 Å². The molecule has 3 heterocycles.